The number of hydrogen-bond acceptors (Lipinski definition) is 8. The van der Waals surface area contributed by atoms with Crippen LogP contribution in [0.3, 0.4) is 0 Å². The topological polar surface area (TPSA) is 127 Å². The zero-order valence-electron chi connectivity index (χ0n) is 28.5. The van der Waals surface area contributed by atoms with Crippen molar-refractivity contribution in [2.75, 3.05) is 33.5 Å². The molecule has 0 fully saturated rings. The number of hydrogen-bond donors (Lipinski definition) is 4. The molecule has 1 aromatic heterocycles. The van der Waals surface area contributed by atoms with Crippen LogP contribution in [0.15, 0.2) is 42.6 Å². The molecule has 0 aliphatic rings. The van der Waals surface area contributed by atoms with Gasteiger partial charge < -0.3 is 26.2 Å². The van der Waals surface area contributed by atoms with Crippen molar-refractivity contribution >= 4 is 23.5 Å². The smallest absolute Gasteiger partial charge is 0.163 e. The molecule has 3 aromatic rings. The molecule has 3 rings (SSSR count). The Morgan fingerprint density at radius 2 is 1.78 bits per heavy atom. The van der Waals surface area contributed by atoms with E-state index in [4.69, 9.17) is 10.5 Å². The van der Waals surface area contributed by atoms with Crippen LogP contribution in [-0.2, 0) is 29.0 Å². The number of nitrogens with two attached hydrogens (primary N) is 1. The third-order valence-corrected chi connectivity index (χ3v) is 8.36. The fourth-order valence-electron chi connectivity index (χ4n) is 5.97. The van der Waals surface area contributed by atoms with Crippen LogP contribution in [0.1, 0.15) is 90.0 Å². The van der Waals surface area contributed by atoms with E-state index in [1.807, 2.05) is 14.1 Å². The number of ketones is 2. The Morgan fingerprint density at radius 3 is 2.50 bits per heavy atom. The number of ether oxygens (including phenoxy) is 1. The van der Waals surface area contributed by atoms with Crippen LogP contribution in [-0.4, -0.2) is 49.4 Å². The van der Waals surface area contributed by atoms with Crippen molar-refractivity contribution in [2.24, 2.45) is 5.92 Å². The van der Waals surface area contributed by atoms with Crippen LogP contribution in [0.5, 0.6) is 11.5 Å². The highest BCUT2D eigenvalue weighted by Crippen LogP contribution is 2.32. The zero-order valence-corrected chi connectivity index (χ0v) is 28.5. The molecular formula is C38H52N4O4. The summed E-state index contributed by atoms with van der Waals surface area (Å²) in [6.45, 7) is 8.20. The molecule has 8 heteroatoms. The maximum atomic E-state index is 12.7. The number of rotatable bonds is 19. The monoisotopic (exact) mass is 628 g/mol. The number of aromatic hydroxyl groups is 1. The first-order valence-corrected chi connectivity index (χ1v) is 16.3. The quantitative estimate of drug-likeness (QED) is 0.0698. The SMILES string of the molecule is CNCc1c(C)cc(C)cc1Cc1cc(Cc2cc(O)c(OC)cc2C=CC(=O)CC(=O)CCCCCC(C)CNC)cnc1N. The van der Waals surface area contributed by atoms with E-state index in [2.05, 4.69) is 54.6 Å². The van der Waals surface area contributed by atoms with E-state index in [9.17, 15) is 14.7 Å². The lowest BCUT2D eigenvalue weighted by molar-refractivity contribution is -0.124. The lowest BCUT2D eigenvalue weighted by atomic mass is 9.93. The average Bonchev–Trinajstić information content (AvgIpc) is 3.00. The molecule has 1 unspecified atom stereocenters. The number of nitrogens with zero attached hydrogens (tertiary/aromatic N) is 1. The summed E-state index contributed by atoms with van der Waals surface area (Å²) in [4.78, 5) is 29.7. The van der Waals surface area contributed by atoms with Gasteiger partial charge in [-0.05, 0) is 123 Å². The van der Waals surface area contributed by atoms with E-state index in [1.54, 1.807) is 24.4 Å². The van der Waals surface area contributed by atoms with Crippen LogP contribution in [0.2, 0.25) is 0 Å². The number of allylic oxidation sites excluding steroid dienone is 1. The van der Waals surface area contributed by atoms with Gasteiger partial charge >= 0.3 is 0 Å². The van der Waals surface area contributed by atoms with Gasteiger partial charge in [0.2, 0.25) is 0 Å². The molecule has 2 aromatic carbocycles. The Balaban J connectivity index is 1.73. The number of methoxy groups -OCH3 is 1. The first kappa shape index (κ1) is 36.5. The van der Waals surface area contributed by atoms with Gasteiger partial charge in [0.05, 0.1) is 13.5 Å². The van der Waals surface area contributed by atoms with Crippen molar-refractivity contribution in [3.05, 3.63) is 87.1 Å². The molecule has 5 N–H and O–H groups in total. The molecule has 0 bridgehead atoms. The van der Waals surface area contributed by atoms with Crippen LogP contribution >= 0.6 is 0 Å². The van der Waals surface area contributed by atoms with Gasteiger partial charge in [0, 0.05) is 25.6 Å². The number of phenols is 1. The molecular weight excluding hydrogens is 576 g/mol. The maximum absolute atomic E-state index is 12.7. The minimum Gasteiger partial charge on any atom is -0.504 e. The Kier molecular flexibility index (Phi) is 14.4. The summed E-state index contributed by atoms with van der Waals surface area (Å²) in [5.74, 6) is 1.13. The Bertz CT molecular complexity index is 1520. The van der Waals surface area contributed by atoms with Gasteiger partial charge in [-0.15, -0.1) is 0 Å². The number of unbranched alkanes of at least 4 members (excludes halogenated alkanes) is 2. The van der Waals surface area contributed by atoms with Crippen molar-refractivity contribution < 1.29 is 19.4 Å². The molecule has 0 amide bonds. The van der Waals surface area contributed by atoms with Crippen molar-refractivity contribution in [3.8, 4) is 11.5 Å². The van der Waals surface area contributed by atoms with E-state index >= 15 is 0 Å². The molecule has 1 heterocycles. The van der Waals surface area contributed by atoms with Crippen LogP contribution < -0.4 is 21.1 Å². The summed E-state index contributed by atoms with van der Waals surface area (Å²) < 4.78 is 5.35. The van der Waals surface area contributed by atoms with Gasteiger partial charge in [0.15, 0.2) is 17.3 Å². The summed E-state index contributed by atoms with van der Waals surface area (Å²) in [6, 6.07) is 9.80. The predicted octanol–water partition coefficient (Wildman–Crippen LogP) is 6.24. The molecule has 46 heavy (non-hydrogen) atoms. The zero-order chi connectivity index (χ0) is 33.6. The van der Waals surface area contributed by atoms with Crippen LogP contribution in [0.4, 0.5) is 5.82 Å². The summed E-state index contributed by atoms with van der Waals surface area (Å²) >= 11 is 0. The Labute approximate surface area is 274 Å². The van der Waals surface area contributed by atoms with Gasteiger partial charge in [0.25, 0.3) is 0 Å². The first-order chi connectivity index (χ1) is 22.0. The third kappa shape index (κ3) is 11.1. The molecule has 1 atom stereocenters. The Hall–Kier alpha value is -4.01. The number of aromatic nitrogens is 1. The van der Waals surface area contributed by atoms with Crippen molar-refractivity contribution in [3.63, 3.8) is 0 Å². The van der Waals surface area contributed by atoms with Gasteiger partial charge in [-0.3, -0.25) is 9.59 Å². The average molecular weight is 629 g/mol. The number of pyridine rings is 1. The van der Waals surface area contributed by atoms with Gasteiger partial charge in [-0.1, -0.05) is 43.5 Å². The van der Waals surface area contributed by atoms with Crippen molar-refractivity contribution in [1.82, 2.24) is 15.6 Å². The highest BCUT2D eigenvalue weighted by atomic mass is 16.5. The third-order valence-electron chi connectivity index (χ3n) is 8.36. The summed E-state index contributed by atoms with van der Waals surface area (Å²) in [6.07, 6.45) is 10.3. The highest BCUT2D eigenvalue weighted by Gasteiger charge is 2.14. The lowest BCUT2D eigenvalue weighted by Crippen LogP contribution is -2.15. The molecule has 0 aliphatic heterocycles. The molecule has 0 radical (unpaired) electrons. The molecule has 0 saturated heterocycles. The lowest BCUT2D eigenvalue weighted by Gasteiger charge is -2.16. The molecule has 0 saturated carbocycles. The number of phenolic OH excluding ortho intramolecular Hbond substituents is 1. The minimum atomic E-state index is -0.243. The number of benzene rings is 2. The molecule has 8 nitrogen and oxygen atoms in total. The van der Waals surface area contributed by atoms with E-state index < -0.39 is 0 Å². The number of Topliss-reactive ketones (excluding diaryl/α,β-unsaturated/α-hetero) is 1. The second-order valence-corrected chi connectivity index (χ2v) is 12.5. The standard InChI is InChI=1S/C38H52N4O4/c1-25(22-40-4)10-8-7-9-11-33(43)21-34(44)13-12-29-20-37(46-6)36(45)19-30(29)16-28-17-32(38(39)42-23-28)18-31-15-26(2)14-27(3)35(31)24-41-5/h12-15,17,19-20,23,25,40-41,45H,7-11,16,18,21-22,24H2,1-6H3,(H2,39,42). The van der Waals surface area contributed by atoms with E-state index in [0.717, 1.165) is 61.0 Å². The number of nitrogens with one attached hydrogen (secondary N) is 2. The fraction of sp³-hybridized carbons (Fsp3) is 0.447. The molecule has 248 valence electrons. The number of aryl methyl sites for hydroxylation is 2. The van der Waals surface area contributed by atoms with Crippen molar-refractivity contribution in [2.45, 2.75) is 78.7 Å². The van der Waals surface area contributed by atoms with E-state index in [0.29, 0.717) is 36.7 Å². The van der Waals surface area contributed by atoms with E-state index in [-0.39, 0.29) is 23.7 Å². The van der Waals surface area contributed by atoms with Crippen LogP contribution in [0.25, 0.3) is 6.08 Å². The first-order valence-electron chi connectivity index (χ1n) is 16.3. The van der Waals surface area contributed by atoms with Gasteiger partial charge in [-0.2, -0.15) is 0 Å². The van der Waals surface area contributed by atoms with Gasteiger partial charge in [0.1, 0.15) is 11.6 Å². The Morgan fingerprint density at radius 1 is 1.00 bits per heavy atom. The second-order valence-electron chi connectivity index (χ2n) is 12.5. The summed E-state index contributed by atoms with van der Waals surface area (Å²) in [5.41, 5.74) is 14.6. The van der Waals surface area contributed by atoms with Gasteiger partial charge in [-0.25, -0.2) is 4.98 Å². The number of nitrogen functional groups attached to an aromatic ring is 1. The van der Waals surface area contributed by atoms with E-state index in [1.165, 1.54) is 35.4 Å². The normalized spacial score (nSPS) is 12.0. The minimum absolute atomic E-state index is 0.00655. The summed E-state index contributed by atoms with van der Waals surface area (Å²) in [5, 5.41) is 17.0. The van der Waals surface area contributed by atoms with Crippen LogP contribution in [0, 0.1) is 19.8 Å². The maximum Gasteiger partial charge on any atom is 0.163 e. The predicted molar refractivity (Wildman–Crippen MR) is 187 cm³/mol. The number of anilines is 1. The van der Waals surface area contributed by atoms with Crippen molar-refractivity contribution in [1.29, 1.82) is 0 Å². The number of carbonyl (C=O) groups excluding carboxylic acids is 2. The fourth-order valence-corrected chi connectivity index (χ4v) is 5.97. The highest BCUT2D eigenvalue weighted by molar-refractivity contribution is 6.06. The second kappa shape index (κ2) is 18.2. The molecule has 0 spiro atoms. The molecule has 0 aliphatic carbocycles. The largest absolute Gasteiger partial charge is 0.504 e. The number of carbonyl (C=O) groups is 2. The summed E-state index contributed by atoms with van der Waals surface area (Å²) in [7, 11) is 5.39.